The average molecular weight is 324 g/mol. The number of carbonyl (C=O) groups is 2. The first-order valence-corrected chi connectivity index (χ1v) is 6.78. The molecular weight excluding hydrogens is 313 g/mol. The van der Waals surface area contributed by atoms with Crippen molar-refractivity contribution in [3.8, 4) is 0 Å². The molecule has 0 unspecified atom stereocenters. The Labute approximate surface area is 131 Å². The Kier molecular flexibility index (Phi) is 4.83. The van der Waals surface area contributed by atoms with Gasteiger partial charge in [-0.3, -0.25) is 9.59 Å². The number of anilines is 1. The predicted molar refractivity (Wildman–Crippen MR) is 82.2 cm³/mol. The van der Waals surface area contributed by atoms with Gasteiger partial charge in [-0.2, -0.15) is 0 Å². The smallest absolute Gasteiger partial charge is 0.307 e. The van der Waals surface area contributed by atoms with Crippen LogP contribution in [0.2, 0.25) is 10.0 Å². The van der Waals surface area contributed by atoms with E-state index in [0.29, 0.717) is 26.9 Å². The number of carboxylic acids is 1. The summed E-state index contributed by atoms with van der Waals surface area (Å²) in [5.41, 5.74) is 1.49. The average Bonchev–Trinajstić information content (AvgIpc) is 2.41. The van der Waals surface area contributed by atoms with Crippen molar-refractivity contribution in [3.05, 3.63) is 63.6 Å². The van der Waals surface area contributed by atoms with E-state index in [4.69, 9.17) is 28.3 Å². The Morgan fingerprint density at radius 2 is 1.81 bits per heavy atom. The van der Waals surface area contributed by atoms with Gasteiger partial charge in [-0.1, -0.05) is 35.3 Å². The van der Waals surface area contributed by atoms with Crippen LogP contribution in [0.1, 0.15) is 15.9 Å². The Bertz CT molecular complexity index is 701. The lowest BCUT2D eigenvalue weighted by atomic mass is 10.1. The number of aliphatic carboxylic acids is 1. The maximum atomic E-state index is 12.1. The molecule has 0 spiro atoms. The second kappa shape index (κ2) is 6.61. The number of hydrogen-bond donors (Lipinski definition) is 2. The van der Waals surface area contributed by atoms with Crippen LogP contribution in [-0.2, 0) is 11.2 Å². The standard InChI is InChI=1S/C15H11Cl2NO3/c16-12-5-4-10(8-13(12)17)15(21)18-11-3-1-2-9(6-11)7-14(19)20/h1-6,8H,7H2,(H,18,21)(H,19,20). The molecule has 2 aromatic carbocycles. The number of carbonyl (C=O) groups excluding carboxylic acids is 1. The van der Waals surface area contributed by atoms with E-state index in [1.165, 1.54) is 6.07 Å². The molecule has 0 aliphatic rings. The highest BCUT2D eigenvalue weighted by molar-refractivity contribution is 6.42. The summed E-state index contributed by atoms with van der Waals surface area (Å²) in [5, 5.41) is 12.1. The van der Waals surface area contributed by atoms with Gasteiger partial charge in [0.2, 0.25) is 0 Å². The van der Waals surface area contributed by atoms with E-state index in [-0.39, 0.29) is 12.3 Å². The molecular formula is C15H11Cl2NO3. The van der Waals surface area contributed by atoms with Gasteiger partial charge in [0.1, 0.15) is 0 Å². The number of benzene rings is 2. The van der Waals surface area contributed by atoms with Gasteiger partial charge in [0, 0.05) is 11.3 Å². The van der Waals surface area contributed by atoms with E-state index in [2.05, 4.69) is 5.32 Å². The number of rotatable bonds is 4. The first kappa shape index (κ1) is 15.4. The van der Waals surface area contributed by atoms with Crippen LogP contribution in [-0.4, -0.2) is 17.0 Å². The van der Waals surface area contributed by atoms with E-state index in [1.807, 2.05) is 0 Å². The molecule has 2 N–H and O–H groups in total. The predicted octanol–water partition coefficient (Wildman–Crippen LogP) is 3.87. The molecule has 0 saturated carbocycles. The summed E-state index contributed by atoms with van der Waals surface area (Å²) in [5.74, 6) is -1.27. The van der Waals surface area contributed by atoms with Gasteiger partial charge in [0.25, 0.3) is 5.91 Å². The molecule has 0 aliphatic carbocycles. The topological polar surface area (TPSA) is 66.4 Å². The number of hydrogen-bond acceptors (Lipinski definition) is 2. The van der Waals surface area contributed by atoms with Crippen molar-refractivity contribution < 1.29 is 14.7 Å². The molecule has 0 bridgehead atoms. The Hall–Kier alpha value is -2.04. The summed E-state index contributed by atoms with van der Waals surface area (Å²) in [7, 11) is 0. The molecule has 2 aromatic rings. The van der Waals surface area contributed by atoms with Crippen molar-refractivity contribution in [1.82, 2.24) is 0 Å². The molecule has 0 fully saturated rings. The monoisotopic (exact) mass is 323 g/mol. The van der Waals surface area contributed by atoms with Crippen molar-refractivity contribution in [2.45, 2.75) is 6.42 Å². The zero-order chi connectivity index (χ0) is 15.4. The van der Waals surface area contributed by atoms with Gasteiger partial charge in [0.05, 0.1) is 16.5 Å². The van der Waals surface area contributed by atoms with E-state index < -0.39 is 5.97 Å². The quantitative estimate of drug-likeness (QED) is 0.897. The third-order valence-electron chi connectivity index (χ3n) is 2.72. The van der Waals surface area contributed by atoms with E-state index >= 15 is 0 Å². The molecule has 21 heavy (non-hydrogen) atoms. The van der Waals surface area contributed by atoms with Crippen LogP contribution < -0.4 is 5.32 Å². The Morgan fingerprint density at radius 1 is 1.05 bits per heavy atom. The highest BCUT2D eigenvalue weighted by Gasteiger charge is 2.09. The molecule has 1 amide bonds. The molecule has 6 heteroatoms. The maximum Gasteiger partial charge on any atom is 0.307 e. The molecule has 108 valence electrons. The number of carboxylic acid groups (broad SMARTS) is 1. The van der Waals surface area contributed by atoms with E-state index in [9.17, 15) is 9.59 Å². The van der Waals surface area contributed by atoms with Gasteiger partial charge in [-0.05, 0) is 35.9 Å². The third-order valence-corrected chi connectivity index (χ3v) is 3.46. The fourth-order valence-electron chi connectivity index (χ4n) is 1.77. The summed E-state index contributed by atoms with van der Waals surface area (Å²) >= 11 is 11.7. The van der Waals surface area contributed by atoms with Crippen molar-refractivity contribution in [3.63, 3.8) is 0 Å². The Morgan fingerprint density at radius 3 is 2.48 bits per heavy atom. The van der Waals surface area contributed by atoms with Crippen LogP contribution >= 0.6 is 23.2 Å². The first-order chi connectivity index (χ1) is 9.95. The van der Waals surface area contributed by atoms with Crippen molar-refractivity contribution in [2.24, 2.45) is 0 Å². The highest BCUT2D eigenvalue weighted by atomic mass is 35.5. The molecule has 2 rings (SSSR count). The summed E-state index contributed by atoms with van der Waals surface area (Å²) in [6.07, 6.45) is -0.101. The second-order valence-corrected chi connectivity index (χ2v) is 5.17. The minimum absolute atomic E-state index is 0.101. The SMILES string of the molecule is O=C(O)Cc1cccc(NC(=O)c2ccc(Cl)c(Cl)c2)c1. The van der Waals surface area contributed by atoms with Crippen LogP contribution in [0.4, 0.5) is 5.69 Å². The molecule has 0 aliphatic heterocycles. The molecule has 0 aromatic heterocycles. The van der Waals surface area contributed by atoms with Gasteiger partial charge in [-0.15, -0.1) is 0 Å². The molecule has 0 heterocycles. The van der Waals surface area contributed by atoms with Crippen molar-refractivity contribution >= 4 is 40.8 Å². The number of amides is 1. The minimum Gasteiger partial charge on any atom is -0.481 e. The van der Waals surface area contributed by atoms with Crippen LogP contribution in [0.5, 0.6) is 0 Å². The van der Waals surface area contributed by atoms with Gasteiger partial charge in [0.15, 0.2) is 0 Å². The molecule has 4 nitrogen and oxygen atoms in total. The fraction of sp³-hybridized carbons (Fsp3) is 0.0667. The van der Waals surface area contributed by atoms with Crippen LogP contribution in [0, 0.1) is 0 Å². The zero-order valence-corrected chi connectivity index (χ0v) is 12.3. The second-order valence-electron chi connectivity index (χ2n) is 4.35. The number of halogens is 2. The summed E-state index contributed by atoms with van der Waals surface area (Å²) in [6.45, 7) is 0. The van der Waals surface area contributed by atoms with Crippen LogP contribution in [0.3, 0.4) is 0 Å². The lowest BCUT2D eigenvalue weighted by Gasteiger charge is -2.07. The first-order valence-electron chi connectivity index (χ1n) is 6.03. The third kappa shape index (κ3) is 4.21. The summed E-state index contributed by atoms with van der Waals surface area (Å²) < 4.78 is 0. The van der Waals surface area contributed by atoms with Gasteiger partial charge in [-0.25, -0.2) is 0 Å². The van der Waals surface area contributed by atoms with E-state index in [0.717, 1.165) is 0 Å². The molecule has 0 saturated heterocycles. The molecule has 0 radical (unpaired) electrons. The largest absolute Gasteiger partial charge is 0.481 e. The Balaban J connectivity index is 2.15. The van der Waals surface area contributed by atoms with Crippen LogP contribution in [0.25, 0.3) is 0 Å². The maximum absolute atomic E-state index is 12.1. The summed E-state index contributed by atoms with van der Waals surface area (Å²) in [6, 6.07) is 11.2. The molecule has 0 atom stereocenters. The van der Waals surface area contributed by atoms with Crippen molar-refractivity contribution in [2.75, 3.05) is 5.32 Å². The van der Waals surface area contributed by atoms with Gasteiger partial charge >= 0.3 is 5.97 Å². The number of nitrogens with one attached hydrogen (secondary N) is 1. The van der Waals surface area contributed by atoms with Crippen LogP contribution in [0.15, 0.2) is 42.5 Å². The fourth-order valence-corrected chi connectivity index (χ4v) is 2.07. The van der Waals surface area contributed by atoms with E-state index in [1.54, 1.807) is 36.4 Å². The van der Waals surface area contributed by atoms with Crippen molar-refractivity contribution in [1.29, 1.82) is 0 Å². The summed E-state index contributed by atoms with van der Waals surface area (Å²) in [4.78, 5) is 22.8. The normalized spacial score (nSPS) is 10.2. The lowest BCUT2D eigenvalue weighted by Crippen LogP contribution is -2.12. The van der Waals surface area contributed by atoms with Gasteiger partial charge < -0.3 is 10.4 Å². The lowest BCUT2D eigenvalue weighted by molar-refractivity contribution is -0.136. The highest BCUT2D eigenvalue weighted by Crippen LogP contribution is 2.23. The minimum atomic E-state index is -0.928. The zero-order valence-electron chi connectivity index (χ0n) is 10.8.